The van der Waals surface area contributed by atoms with Gasteiger partial charge in [0.15, 0.2) is 0 Å². The van der Waals surface area contributed by atoms with Crippen LogP contribution in [0, 0.1) is 5.82 Å². The number of fused-ring (bicyclic) bond motifs is 1. The van der Waals surface area contributed by atoms with Crippen LogP contribution in [0.5, 0.6) is 0 Å². The molecule has 3 rings (SSSR count). The second-order valence-electron chi connectivity index (χ2n) is 6.66. The first-order chi connectivity index (χ1) is 9.30. The summed E-state index contributed by atoms with van der Waals surface area (Å²) in [7, 11) is -0.491. The topological polar surface area (TPSA) is 30.5 Å². The van der Waals surface area contributed by atoms with E-state index in [-0.39, 0.29) is 5.82 Å². The molecular weight excluding hydrogens is 256 g/mol. The van der Waals surface area contributed by atoms with Gasteiger partial charge in [0, 0.05) is 12.1 Å². The lowest BCUT2D eigenvalue weighted by Gasteiger charge is -2.32. The highest BCUT2D eigenvalue weighted by molar-refractivity contribution is 6.62. The summed E-state index contributed by atoms with van der Waals surface area (Å²) in [6.07, 6.45) is 0.847. The molecule has 0 aromatic heterocycles. The van der Waals surface area contributed by atoms with Gasteiger partial charge in [0.05, 0.1) is 11.2 Å². The second kappa shape index (κ2) is 4.55. The Morgan fingerprint density at radius 2 is 1.80 bits per heavy atom. The molecule has 2 aliphatic heterocycles. The van der Waals surface area contributed by atoms with Crippen molar-refractivity contribution in [3.8, 4) is 0 Å². The molecule has 2 aliphatic rings. The molecule has 3 nitrogen and oxygen atoms in total. The van der Waals surface area contributed by atoms with Crippen LogP contribution in [-0.2, 0) is 22.3 Å². The molecule has 2 heterocycles. The SMILES string of the molecule is CC1(C)OB(c2cc(F)c3c(c2)CCNC3)OC1(C)C. The summed E-state index contributed by atoms with van der Waals surface area (Å²) in [5, 5.41) is 3.19. The third-order valence-electron chi connectivity index (χ3n) is 4.71. The number of hydrogen-bond donors (Lipinski definition) is 1. The molecule has 1 fully saturated rings. The van der Waals surface area contributed by atoms with Crippen molar-refractivity contribution in [2.24, 2.45) is 0 Å². The lowest BCUT2D eigenvalue weighted by molar-refractivity contribution is 0.00578. The van der Waals surface area contributed by atoms with Crippen LogP contribution in [0.4, 0.5) is 4.39 Å². The Hall–Kier alpha value is -0.905. The van der Waals surface area contributed by atoms with E-state index in [0.29, 0.717) is 6.54 Å². The predicted octanol–water partition coefficient (Wildman–Crippen LogP) is 1.77. The molecule has 1 aromatic rings. The zero-order chi connectivity index (χ0) is 14.5. The molecule has 0 unspecified atom stereocenters. The van der Waals surface area contributed by atoms with Gasteiger partial charge in [0.2, 0.25) is 0 Å². The average Bonchev–Trinajstić information content (AvgIpc) is 2.58. The largest absolute Gasteiger partial charge is 0.494 e. The van der Waals surface area contributed by atoms with E-state index in [2.05, 4.69) is 5.32 Å². The molecular formula is C15H21BFNO2. The average molecular weight is 277 g/mol. The first kappa shape index (κ1) is 14.0. The molecule has 5 heteroatoms. The fourth-order valence-electron chi connectivity index (χ4n) is 2.69. The molecule has 0 saturated carbocycles. The lowest BCUT2D eigenvalue weighted by Crippen LogP contribution is -2.41. The fourth-order valence-corrected chi connectivity index (χ4v) is 2.69. The van der Waals surface area contributed by atoms with E-state index < -0.39 is 18.3 Å². The lowest BCUT2D eigenvalue weighted by atomic mass is 9.77. The second-order valence-corrected chi connectivity index (χ2v) is 6.66. The molecule has 0 bridgehead atoms. The van der Waals surface area contributed by atoms with Crippen molar-refractivity contribution in [2.45, 2.75) is 51.9 Å². The van der Waals surface area contributed by atoms with Gasteiger partial charge in [-0.25, -0.2) is 4.39 Å². The van der Waals surface area contributed by atoms with Crippen molar-refractivity contribution >= 4 is 12.6 Å². The summed E-state index contributed by atoms with van der Waals surface area (Å²) in [6, 6.07) is 3.58. The number of halogens is 1. The maximum Gasteiger partial charge on any atom is 0.494 e. The Morgan fingerprint density at radius 1 is 1.15 bits per heavy atom. The molecule has 1 N–H and O–H groups in total. The van der Waals surface area contributed by atoms with E-state index in [9.17, 15) is 4.39 Å². The minimum atomic E-state index is -0.491. The molecule has 0 atom stereocenters. The quantitative estimate of drug-likeness (QED) is 0.794. The van der Waals surface area contributed by atoms with Gasteiger partial charge in [-0.2, -0.15) is 0 Å². The zero-order valence-corrected chi connectivity index (χ0v) is 12.5. The molecule has 1 saturated heterocycles. The van der Waals surface area contributed by atoms with Crippen LogP contribution in [0.1, 0.15) is 38.8 Å². The monoisotopic (exact) mass is 277 g/mol. The van der Waals surface area contributed by atoms with Gasteiger partial charge in [0.1, 0.15) is 5.82 Å². The smallest absolute Gasteiger partial charge is 0.399 e. The number of rotatable bonds is 1. The summed E-state index contributed by atoms with van der Waals surface area (Å²) in [4.78, 5) is 0. The van der Waals surface area contributed by atoms with E-state index >= 15 is 0 Å². The third kappa shape index (κ3) is 2.18. The Kier molecular flexibility index (Phi) is 3.20. The Labute approximate surface area is 120 Å². The normalized spacial score (nSPS) is 23.8. The predicted molar refractivity (Wildman–Crippen MR) is 77.5 cm³/mol. The van der Waals surface area contributed by atoms with Crippen molar-refractivity contribution in [1.29, 1.82) is 0 Å². The van der Waals surface area contributed by atoms with Crippen molar-refractivity contribution in [1.82, 2.24) is 5.32 Å². The maximum atomic E-state index is 14.2. The highest BCUT2D eigenvalue weighted by atomic mass is 19.1. The van der Waals surface area contributed by atoms with E-state index in [0.717, 1.165) is 29.6 Å². The van der Waals surface area contributed by atoms with Crippen molar-refractivity contribution < 1.29 is 13.7 Å². The molecule has 108 valence electrons. The summed E-state index contributed by atoms with van der Waals surface area (Å²) in [5.74, 6) is -0.167. The van der Waals surface area contributed by atoms with Crippen LogP contribution < -0.4 is 10.8 Å². The van der Waals surface area contributed by atoms with Gasteiger partial charge in [0.25, 0.3) is 0 Å². The van der Waals surface area contributed by atoms with Crippen LogP contribution in [-0.4, -0.2) is 24.9 Å². The van der Waals surface area contributed by atoms with Crippen molar-refractivity contribution in [3.63, 3.8) is 0 Å². The van der Waals surface area contributed by atoms with E-state index in [1.54, 1.807) is 6.07 Å². The summed E-state index contributed by atoms with van der Waals surface area (Å²) in [5.41, 5.74) is 1.82. The molecule has 0 spiro atoms. The highest BCUT2D eigenvalue weighted by Gasteiger charge is 2.51. The minimum absolute atomic E-state index is 0.167. The summed E-state index contributed by atoms with van der Waals surface area (Å²) >= 11 is 0. The van der Waals surface area contributed by atoms with Crippen molar-refractivity contribution in [2.75, 3.05) is 6.54 Å². The Bertz CT molecular complexity index is 529. The molecule has 0 radical (unpaired) electrons. The maximum absolute atomic E-state index is 14.2. The first-order valence-electron chi connectivity index (χ1n) is 7.18. The molecule has 20 heavy (non-hydrogen) atoms. The van der Waals surface area contributed by atoms with Crippen molar-refractivity contribution in [3.05, 3.63) is 29.1 Å². The zero-order valence-electron chi connectivity index (χ0n) is 12.5. The molecule has 1 aromatic carbocycles. The van der Waals surface area contributed by atoms with E-state index in [1.807, 2.05) is 33.8 Å². The van der Waals surface area contributed by atoms with Gasteiger partial charge in [-0.05, 0) is 57.8 Å². The van der Waals surface area contributed by atoms with Crippen LogP contribution in [0.25, 0.3) is 0 Å². The minimum Gasteiger partial charge on any atom is -0.399 e. The molecule has 0 aliphatic carbocycles. The van der Waals surface area contributed by atoms with Gasteiger partial charge >= 0.3 is 7.12 Å². The van der Waals surface area contributed by atoms with Gasteiger partial charge in [-0.1, -0.05) is 6.07 Å². The number of benzene rings is 1. The standard InChI is InChI=1S/C15H21BFNO2/c1-14(2)15(3,4)20-16(19-14)11-7-10-5-6-18-9-12(10)13(17)8-11/h7-8,18H,5-6,9H2,1-4H3. The Balaban J connectivity index is 1.94. The van der Waals surface area contributed by atoms with Gasteiger partial charge < -0.3 is 14.6 Å². The van der Waals surface area contributed by atoms with Crippen LogP contribution in [0.15, 0.2) is 12.1 Å². The molecule has 0 amide bonds. The Morgan fingerprint density at radius 3 is 2.45 bits per heavy atom. The fraction of sp³-hybridized carbons (Fsp3) is 0.600. The summed E-state index contributed by atoms with van der Waals surface area (Å²) < 4.78 is 26.2. The van der Waals surface area contributed by atoms with Crippen LogP contribution >= 0.6 is 0 Å². The third-order valence-corrected chi connectivity index (χ3v) is 4.71. The van der Waals surface area contributed by atoms with E-state index in [1.165, 1.54) is 0 Å². The number of hydrogen-bond acceptors (Lipinski definition) is 3. The number of nitrogens with one attached hydrogen (secondary N) is 1. The van der Waals surface area contributed by atoms with Gasteiger partial charge in [-0.15, -0.1) is 0 Å². The van der Waals surface area contributed by atoms with E-state index in [4.69, 9.17) is 9.31 Å². The summed E-state index contributed by atoms with van der Waals surface area (Å²) in [6.45, 7) is 9.51. The van der Waals surface area contributed by atoms with Crippen LogP contribution in [0.2, 0.25) is 0 Å². The highest BCUT2D eigenvalue weighted by Crippen LogP contribution is 2.36. The van der Waals surface area contributed by atoms with Gasteiger partial charge in [-0.3, -0.25) is 0 Å². The van der Waals surface area contributed by atoms with Crippen LogP contribution in [0.3, 0.4) is 0 Å². The first-order valence-corrected chi connectivity index (χ1v) is 7.18.